The lowest BCUT2D eigenvalue weighted by molar-refractivity contribution is -0.139. The molecule has 1 aliphatic rings. The molecule has 0 spiro atoms. The third kappa shape index (κ3) is 4.08. The van der Waals surface area contributed by atoms with Gasteiger partial charge in [-0.15, -0.1) is 0 Å². The van der Waals surface area contributed by atoms with E-state index in [0.29, 0.717) is 36.6 Å². The number of ether oxygens (including phenoxy) is 2. The fraction of sp³-hybridized carbons (Fsp3) is 0.250. The van der Waals surface area contributed by atoms with Gasteiger partial charge in [0.15, 0.2) is 0 Å². The zero-order valence-corrected chi connectivity index (χ0v) is 17.1. The number of hydrogen-bond donors (Lipinski definition) is 1. The summed E-state index contributed by atoms with van der Waals surface area (Å²) < 4.78 is 10.7. The Hall–Kier alpha value is -3.54. The molecule has 0 bridgehead atoms. The second-order valence-electron chi connectivity index (χ2n) is 6.89. The van der Waals surface area contributed by atoms with E-state index in [-0.39, 0.29) is 11.3 Å². The number of nitrogens with zero attached hydrogens (tertiary/aromatic N) is 1. The van der Waals surface area contributed by atoms with Gasteiger partial charge >= 0.3 is 0 Å². The van der Waals surface area contributed by atoms with Crippen molar-refractivity contribution in [3.63, 3.8) is 0 Å². The van der Waals surface area contributed by atoms with E-state index in [1.807, 2.05) is 6.92 Å². The first-order valence-electron chi connectivity index (χ1n) is 9.78. The van der Waals surface area contributed by atoms with Gasteiger partial charge in [0.1, 0.15) is 23.9 Å². The summed E-state index contributed by atoms with van der Waals surface area (Å²) >= 11 is 0. The van der Waals surface area contributed by atoms with Crippen molar-refractivity contribution in [3.05, 3.63) is 77.9 Å². The Labute approximate surface area is 176 Å². The Kier molecular flexibility index (Phi) is 6.57. The molecule has 2 aromatic rings. The smallest absolute Gasteiger partial charge is 0.295 e. The summed E-state index contributed by atoms with van der Waals surface area (Å²) in [6.45, 7) is 6.32. The van der Waals surface area contributed by atoms with Gasteiger partial charge in [0, 0.05) is 12.1 Å². The Morgan fingerprint density at radius 1 is 1.10 bits per heavy atom. The highest BCUT2D eigenvalue weighted by atomic mass is 16.5. The number of ketones is 1. The molecule has 1 saturated heterocycles. The Bertz CT molecular complexity index is 960. The van der Waals surface area contributed by atoms with Crippen LogP contribution in [0.5, 0.6) is 11.5 Å². The van der Waals surface area contributed by atoms with E-state index in [1.165, 1.54) is 4.90 Å². The quantitative estimate of drug-likeness (QED) is 0.309. The highest BCUT2D eigenvalue weighted by Gasteiger charge is 2.45. The van der Waals surface area contributed by atoms with E-state index in [0.717, 1.165) is 5.56 Å². The second-order valence-corrected chi connectivity index (χ2v) is 6.89. The predicted molar refractivity (Wildman–Crippen MR) is 114 cm³/mol. The maximum atomic E-state index is 12.9. The van der Waals surface area contributed by atoms with Crippen molar-refractivity contribution >= 4 is 17.4 Å². The van der Waals surface area contributed by atoms with Crippen LogP contribution in [0.2, 0.25) is 0 Å². The SMILES string of the molecule is C=CCOc1ccc(/C(O)=C2/C(=O)C(=O)N(CCC)C2c2ccc(OC)cc2)cc1. The summed E-state index contributed by atoms with van der Waals surface area (Å²) in [5.41, 5.74) is 1.25. The summed E-state index contributed by atoms with van der Waals surface area (Å²) in [6.07, 6.45) is 2.33. The molecular weight excluding hydrogens is 382 g/mol. The summed E-state index contributed by atoms with van der Waals surface area (Å²) in [5, 5.41) is 11.0. The Balaban J connectivity index is 2.06. The number of benzene rings is 2. The molecule has 1 aliphatic heterocycles. The molecule has 2 aromatic carbocycles. The van der Waals surface area contributed by atoms with Gasteiger partial charge in [0.2, 0.25) is 0 Å². The van der Waals surface area contributed by atoms with E-state index < -0.39 is 17.7 Å². The average Bonchev–Trinajstić information content (AvgIpc) is 3.03. The number of amides is 1. The first-order valence-corrected chi connectivity index (χ1v) is 9.78. The molecule has 1 atom stereocenters. The summed E-state index contributed by atoms with van der Waals surface area (Å²) in [5.74, 6) is -0.215. The van der Waals surface area contributed by atoms with Crippen molar-refractivity contribution in [3.8, 4) is 11.5 Å². The van der Waals surface area contributed by atoms with E-state index >= 15 is 0 Å². The van der Waals surface area contributed by atoms with Crippen molar-refractivity contribution in [1.82, 2.24) is 4.90 Å². The molecule has 1 amide bonds. The number of hydrogen-bond acceptors (Lipinski definition) is 5. The van der Waals surface area contributed by atoms with Crippen LogP contribution in [0.3, 0.4) is 0 Å². The molecule has 0 saturated carbocycles. The van der Waals surface area contributed by atoms with Gasteiger partial charge in [-0.1, -0.05) is 31.7 Å². The largest absolute Gasteiger partial charge is 0.507 e. The number of rotatable bonds is 8. The van der Waals surface area contributed by atoms with Crippen molar-refractivity contribution in [2.45, 2.75) is 19.4 Å². The summed E-state index contributed by atoms with van der Waals surface area (Å²) in [6, 6.07) is 13.2. The van der Waals surface area contributed by atoms with Gasteiger partial charge < -0.3 is 19.5 Å². The molecule has 156 valence electrons. The maximum Gasteiger partial charge on any atom is 0.295 e. The van der Waals surface area contributed by atoms with Crippen LogP contribution in [-0.4, -0.2) is 42.0 Å². The number of aliphatic hydroxyl groups is 1. The fourth-order valence-electron chi connectivity index (χ4n) is 3.50. The highest BCUT2D eigenvalue weighted by Crippen LogP contribution is 2.40. The molecular formula is C24H25NO5. The zero-order chi connectivity index (χ0) is 21.7. The lowest BCUT2D eigenvalue weighted by atomic mass is 9.95. The molecule has 1 unspecified atom stereocenters. The first-order chi connectivity index (χ1) is 14.5. The number of carbonyl (C=O) groups is 2. The predicted octanol–water partition coefficient (Wildman–Crippen LogP) is 4.09. The third-order valence-electron chi connectivity index (χ3n) is 4.93. The number of likely N-dealkylation sites (tertiary alicyclic amines) is 1. The highest BCUT2D eigenvalue weighted by molar-refractivity contribution is 6.46. The van der Waals surface area contributed by atoms with Crippen LogP contribution in [0, 0.1) is 0 Å². The summed E-state index contributed by atoms with van der Waals surface area (Å²) in [7, 11) is 1.57. The van der Waals surface area contributed by atoms with Crippen LogP contribution in [0.1, 0.15) is 30.5 Å². The van der Waals surface area contributed by atoms with Gasteiger partial charge in [0.25, 0.3) is 11.7 Å². The molecule has 0 radical (unpaired) electrons. The standard InChI is InChI=1S/C24H25NO5/c1-4-14-25-21(16-6-10-18(29-3)11-7-16)20(23(27)24(25)28)22(26)17-8-12-19(13-9-17)30-15-5-2/h5-13,21,26H,2,4,14-15H2,1,3H3/b22-20-. The van der Waals surface area contributed by atoms with Crippen molar-refractivity contribution < 1.29 is 24.2 Å². The van der Waals surface area contributed by atoms with Crippen molar-refractivity contribution in [1.29, 1.82) is 0 Å². The minimum absolute atomic E-state index is 0.0818. The average molecular weight is 407 g/mol. The molecule has 6 nitrogen and oxygen atoms in total. The van der Waals surface area contributed by atoms with Gasteiger partial charge in [-0.25, -0.2) is 0 Å². The molecule has 3 rings (SSSR count). The first kappa shape index (κ1) is 21.2. The fourth-order valence-corrected chi connectivity index (χ4v) is 3.50. The van der Waals surface area contributed by atoms with Crippen molar-refractivity contribution in [2.24, 2.45) is 0 Å². The molecule has 1 heterocycles. The number of carbonyl (C=O) groups excluding carboxylic acids is 2. The topological polar surface area (TPSA) is 76.1 Å². The minimum Gasteiger partial charge on any atom is -0.507 e. The van der Waals surface area contributed by atoms with Gasteiger partial charge in [-0.2, -0.15) is 0 Å². The van der Waals surface area contributed by atoms with Crippen molar-refractivity contribution in [2.75, 3.05) is 20.3 Å². The lowest BCUT2D eigenvalue weighted by Crippen LogP contribution is -2.30. The monoisotopic (exact) mass is 407 g/mol. The number of methoxy groups -OCH3 is 1. The lowest BCUT2D eigenvalue weighted by Gasteiger charge is -2.25. The number of Topliss-reactive ketones (excluding diaryl/α,β-unsaturated/α-hetero) is 1. The van der Waals surface area contributed by atoms with E-state index in [9.17, 15) is 14.7 Å². The molecule has 0 aliphatic carbocycles. The molecule has 6 heteroatoms. The Morgan fingerprint density at radius 3 is 2.30 bits per heavy atom. The summed E-state index contributed by atoms with van der Waals surface area (Å²) in [4.78, 5) is 27.1. The van der Waals surface area contributed by atoms with Crippen LogP contribution in [0.15, 0.2) is 66.8 Å². The van der Waals surface area contributed by atoms with E-state index in [4.69, 9.17) is 9.47 Å². The van der Waals surface area contributed by atoms with Crippen LogP contribution < -0.4 is 9.47 Å². The molecule has 0 aromatic heterocycles. The van der Waals surface area contributed by atoms with E-state index in [2.05, 4.69) is 6.58 Å². The third-order valence-corrected chi connectivity index (χ3v) is 4.93. The zero-order valence-electron chi connectivity index (χ0n) is 17.1. The van der Waals surface area contributed by atoms with Gasteiger partial charge in [0.05, 0.1) is 18.7 Å². The maximum absolute atomic E-state index is 12.9. The minimum atomic E-state index is -0.686. The Morgan fingerprint density at radius 2 is 1.73 bits per heavy atom. The van der Waals surface area contributed by atoms with Crippen LogP contribution >= 0.6 is 0 Å². The van der Waals surface area contributed by atoms with Crippen LogP contribution in [-0.2, 0) is 9.59 Å². The van der Waals surface area contributed by atoms with E-state index in [1.54, 1.807) is 61.7 Å². The molecule has 1 fully saturated rings. The second kappa shape index (κ2) is 9.31. The van der Waals surface area contributed by atoms with Crippen LogP contribution in [0.25, 0.3) is 5.76 Å². The van der Waals surface area contributed by atoms with Crippen LogP contribution in [0.4, 0.5) is 0 Å². The van der Waals surface area contributed by atoms with Gasteiger partial charge in [-0.3, -0.25) is 9.59 Å². The number of aliphatic hydroxyl groups excluding tert-OH is 1. The van der Waals surface area contributed by atoms with Gasteiger partial charge in [-0.05, 0) is 48.4 Å². The normalized spacial score (nSPS) is 17.8. The molecule has 30 heavy (non-hydrogen) atoms. The molecule has 1 N–H and O–H groups in total.